The first kappa shape index (κ1) is 16.3. The summed E-state index contributed by atoms with van der Waals surface area (Å²) in [5.74, 6) is 1.08. The number of piperazine rings is 1. The SMILES string of the molecule is O=C(CCn1ncc(=O)c2ccccc21)N1CCN(CC2CC2)CC1. The molecule has 2 heterocycles. The quantitative estimate of drug-likeness (QED) is 0.824. The van der Waals surface area contributed by atoms with Gasteiger partial charge in [0.2, 0.25) is 11.3 Å². The Morgan fingerprint density at radius 1 is 1.12 bits per heavy atom. The Morgan fingerprint density at radius 3 is 2.64 bits per heavy atom. The van der Waals surface area contributed by atoms with E-state index >= 15 is 0 Å². The summed E-state index contributed by atoms with van der Waals surface area (Å²) in [5, 5.41) is 4.85. The first-order valence-corrected chi connectivity index (χ1v) is 9.16. The van der Waals surface area contributed by atoms with Crippen LogP contribution in [0.5, 0.6) is 0 Å². The Bertz CT molecular complexity index is 820. The van der Waals surface area contributed by atoms with E-state index in [4.69, 9.17) is 0 Å². The molecule has 1 aliphatic heterocycles. The van der Waals surface area contributed by atoms with E-state index in [1.807, 2.05) is 23.1 Å². The van der Waals surface area contributed by atoms with Gasteiger partial charge in [-0.3, -0.25) is 19.2 Å². The van der Waals surface area contributed by atoms with Crippen LogP contribution in [0.4, 0.5) is 0 Å². The van der Waals surface area contributed by atoms with Crippen LogP contribution in [-0.4, -0.2) is 58.2 Å². The van der Waals surface area contributed by atoms with Crippen molar-refractivity contribution in [1.29, 1.82) is 0 Å². The molecule has 0 unspecified atom stereocenters. The molecule has 2 aromatic rings. The van der Waals surface area contributed by atoms with Gasteiger partial charge in [-0.25, -0.2) is 0 Å². The predicted molar refractivity (Wildman–Crippen MR) is 96.4 cm³/mol. The molecule has 4 rings (SSSR count). The van der Waals surface area contributed by atoms with E-state index in [-0.39, 0.29) is 11.3 Å². The summed E-state index contributed by atoms with van der Waals surface area (Å²) in [6, 6.07) is 7.42. The average molecular weight is 340 g/mol. The molecule has 0 N–H and O–H groups in total. The maximum absolute atomic E-state index is 12.5. The van der Waals surface area contributed by atoms with Crippen LogP contribution >= 0.6 is 0 Å². The zero-order valence-corrected chi connectivity index (χ0v) is 14.4. The highest BCUT2D eigenvalue weighted by Gasteiger charge is 2.27. The lowest BCUT2D eigenvalue weighted by atomic mass is 10.2. The monoisotopic (exact) mass is 340 g/mol. The zero-order valence-electron chi connectivity index (χ0n) is 14.4. The van der Waals surface area contributed by atoms with Gasteiger partial charge >= 0.3 is 0 Å². The summed E-state index contributed by atoms with van der Waals surface area (Å²) in [6.45, 7) is 5.33. The number of aryl methyl sites for hydroxylation is 1. The number of nitrogens with zero attached hydrogens (tertiary/aromatic N) is 4. The molecule has 1 aromatic carbocycles. The minimum atomic E-state index is -0.0787. The topological polar surface area (TPSA) is 58.4 Å². The number of benzene rings is 1. The second-order valence-electron chi connectivity index (χ2n) is 7.12. The lowest BCUT2D eigenvalue weighted by molar-refractivity contribution is -0.133. The molecule has 2 fully saturated rings. The van der Waals surface area contributed by atoms with Gasteiger partial charge in [0, 0.05) is 44.5 Å². The maximum atomic E-state index is 12.5. The van der Waals surface area contributed by atoms with Gasteiger partial charge in [-0.15, -0.1) is 0 Å². The zero-order chi connectivity index (χ0) is 17.2. The minimum absolute atomic E-state index is 0.0787. The van der Waals surface area contributed by atoms with E-state index in [1.54, 1.807) is 10.7 Å². The summed E-state index contributed by atoms with van der Waals surface area (Å²) in [5.41, 5.74) is 0.710. The molecule has 132 valence electrons. The molecule has 1 aromatic heterocycles. The summed E-state index contributed by atoms with van der Waals surface area (Å²) in [6.07, 6.45) is 4.50. The van der Waals surface area contributed by atoms with Gasteiger partial charge < -0.3 is 4.90 Å². The Hall–Kier alpha value is -2.21. The fourth-order valence-corrected chi connectivity index (χ4v) is 3.54. The Morgan fingerprint density at radius 2 is 1.88 bits per heavy atom. The number of fused-ring (bicyclic) bond motifs is 1. The van der Waals surface area contributed by atoms with Crippen LogP contribution in [0, 0.1) is 5.92 Å². The molecule has 1 aliphatic carbocycles. The fraction of sp³-hybridized carbons (Fsp3) is 0.526. The van der Waals surface area contributed by atoms with E-state index < -0.39 is 0 Å². The van der Waals surface area contributed by atoms with Crippen molar-refractivity contribution >= 4 is 16.8 Å². The highest BCUT2D eigenvalue weighted by molar-refractivity contribution is 5.79. The van der Waals surface area contributed by atoms with Gasteiger partial charge in [0.1, 0.15) is 0 Å². The van der Waals surface area contributed by atoms with Crippen molar-refractivity contribution in [2.45, 2.75) is 25.8 Å². The smallest absolute Gasteiger partial charge is 0.224 e. The lowest BCUT2D eigenvalue weighted by Crippen LogP contribution is -2.49. The average Bonchev–Trinajstić information content (AvgIpc) is 3.46. The maximum Gasteiger partial charge on any atom is 0.224 e. The number of rotatable bonds is 5. The van der Waals surface area contributed by atoms with Crippen molar-refractivity contribution in [2.75, 3.05) is 32.7 Å². The van der Waals surface area contributed by atoms with Gasteiger partial charge in [0.25, 0.3) is 0 Å². The molecule has 1 saturated carbocycles. The van der Waals surface area contributed by atoms with Crippen LogP contribution in [-0.2, 0) is 11.3 Å². The van der Waals surface area contributed by atoms with Gasteiger partial charge in [-0.05, 0) is 30.9 Å². The normalized spacial score (nSPS) is 18.6. The molecule has 2 aliphatic rings. The van der Waals surface area contributed by atoms with Crippen LogP contribution in [0.3, 0.4) is 0 Å². The van der Waals surface area contributed by atoms with Crippen molar-refractivity contribution in [3.05, 3.63) is 40.7 Å². The van der Waals surface area contributed by atoms with Gasteiger partial charge in [-0.1, -0.05) is 12.1 Å². The molecule has 0 bridgehead atoms. The van der Waals surface area contributed by atoms with Gasteiger partial charge in [0.15, 0.2) is 0 Å². The Kier molecular flexibility index (Phi) is 4.53. The third-order valence-electron chi connectivity index (χ3n) is 5.24. The van der Waals surface area contributed by atoms with Crippen molar-refractivity contribution in [3.63, 3.8) is 0 Å². The summed E-state index contributed by atoms with van der Waals surface area (Å²) < 4.78 is 1.76. The summed E-state index contributed by atoms with van der Waals surface area (Å²) >= 11 is 0. The highest BCUT2D eigenvalue weighted by atomic mass is 16.2. The molecular weight excluding hydrogens is 316 g/mol. The number of para-hydroxylation sites is 1. The summed E-state index contributed by atoms with van der Waals surface area (Å²) in [7, 11) is 0. The number of carbonyl (C=O) groups is 1. The van der Waals surface area contributed by atoms with E-state index in [2.05, 4.69) is 10.00 Å². The number of amides is 1. The Labute approximate surface area is 147 Å². The number of hydrogen-bond donors (Lipinski definition) is 0. The first-order chi connectivity index (χ1) is 12.2. The number of hydrogen-bond acceptors (Lipinski definition) is 4. The van der Waals surface area contributed by atoms with Gasteiger partial charge in [0.05, 0.1) is 18.3 Å². The molecule has 0 radical (unpaired) electrons. The predicted octanol–water partition coefficient (Wildman–Crippen LogP) is 1.34. The van der Waals surface area contributed by atoms with Crippen molar-refractivity contribution < 1.29 is 4.79 Å². The van der Waals surface area contributed by atoms with Crippen molar-refractivity contribution in [3.8, 4) is 0 Å². The van der Waals surface area contributed by atoms with Crippen LogP contribution < -0.4 is 5.43 Å². The summed E-state index contributed by atoms with van der Waals surface area (Å²) in [4.78, 5) is 28.8. The van der Waals surface area contributed by atoms with Crippen LogP contribution in [0.2, 0.25) is 0 Å². The van der Waals surface area contributed by atoms with E-state index in [9.17, 15) is 9.59 Å². The third-order valence-corrected chi connectivity index (χ3v) is 5.24. The van der Waals surface area contributed by atoms with Crippen molar-refractivity contribution in [2.24, 2.45) is 5.92 Å². The molecule has 1 saturated heterocycles. The van der Waals surface area contributed by atoms with Crippen LogP contribution in [0.25, 0.3) is 10.9 Å². The number of carbonyl (C=O) groups excluding carboxylic acids is 1. The molecule has 25 heavy (non-hydrogen) atoms. The molecule has 0 spiro atoms. The van der Waals surface area contributed by atoms with Gasteiger partial charge in [-0.2, -0.15) is 5.10 Å². The van der Waals surface area contributed by atoms with Crippen LogP contribution in [0.1, 0.15) is 19.3 Å². The minimum Gasteiger partial charge on any atom is -0.340 e. The molecule has 6 heteroatoms. The highest BCUT2D eigenvalue weighted by Crippen LogP contribution is 2.29. The molecule has 1 amide bonds. The van der Waals surface area contributed by atoms with E-state index in [1.165, 1.54) is 25.6 Å². The molecule has 0 atom stereocenters. The van der Waals surface area contributed by atoms with Crippen LogP contribution in [0.15, 0.2) is 35.3 Å². The lowest BCUT2D eigenvalue weighted by Gasteiger charge is -2.34. The second-order valence-corrected chi connectivity index (χ2v) is 7.12. The first-order valence-electron chi connectivity index (χ1n) is 9.16. The number of aromatic nitrogens is 2. The second kappa shape index (κ2) is 6.96. The van der Waals surface area contributed by atoms with Crippen molar-refractivity contribution in [1.82, 2.24) is 19.6 Å². The Balaban J connectivity index is 1.35. The van der Waals surface area contributed by atoms with E-state index in [0.717, 1.165) is 37.6 Å². The largest absolute Gasteiger partial charge is 0.340 e. The fourth-order valence-electron chi connectivity index (χ4n) is 3.54. The molecule has 6 nitrogen and oxygen atoms in total. The molecular formula is C19H24N4O2. The standard InChI is InChI=1S/C19H24N4O2/c24-18-13-20-23(17-4-2-1-3-16(17)18)8-7-19(25)22-11-9-21(10-12-22)14-15-5-6-15/h1-4,13,15H,5-12,14H2. The third kappa shape index (κ3) is 3.74. The van der Waals surface area contributed by atoms with E-state index in [0.29, 0.717) is 18.4 Å².